The van der Waals surface area contributed by atoms with Crippen molar-refractivity contribution < 1.29 is 14.3 Å². The summed E-state index contributed by atoms with van der Waals surface area (Å²) < 4.78 is 7.80. The Bertz CT molecular complexity index is 1090. The average molecular weight is 485 g/mol. The molecular formula is C24H32N6O3S. The Morgan fingerprint density at radius 2 is 2.03 bits per heavy atom. The van der Waals surface area contributed by atoms with Gasteiger partial charge < -0.3 is 19.5 Å². The van der Waals surface area contributed by atoms with Crippen LogP contribution in [-0.2, 0) is 27.3 Å². The SMILES string of the molecule is Cc1csc(CC(=O)N2CCN(CC(=O)Nc3c(C#N)c(C)c(C)n3C[C@H]3CCCO3)CC2)n1. The quantitative estimate of drug-likeness (QED) is 0.647. The third kappa shape index (κ3) is 5.49. The predicted octanol–water partition coefficient (Wildman–Crippen LogP) is 2.25. The van der Waals surface area contributed by atoms with Gasteiger partial charge in [-0.05, 0) is 39.2 Å². The van der Waals surface area contributed by atoms with Crippen LogP contribution in [0, 0.1) is 32.1 Å². The van der Waals surface area contributed by atoms with Gasteiger partial charge in [0.25, 0.3) is 0 Å². The van der Waals surface area contributed by atoms with Crippen molar-refractivity contribution >= 4 is 29.0 Å². The molecule has 10 heteroatoms. The summed E-state index contributed by atoms with van der Waals surface area (Å²) in [7, 11) is 0. The van der Waals surface area contributed by atoms with Gasteiger partial charge in [0.2, 0.25) is 11.8 Å². The number of piperazine rings is 1. The normalized spacial score (nSPS) is 18.8. The van der Waals surface area contributed by atoms with Gasteiger partial charge in [0, 0.05) is 49.6 Å². The predicted molar refractivity (Wildman–Crippen MR) is 130 cm³/mol. The fourth-order valence-electron chi connectivity index (χ4n) is 4.61. The summed E-state index contributed by atoms with van der Waals surface area (Å²) >= 11 is 1.51. The number of nitrogens with one attached hydrogen (secondary N) is 1. The minimum atomic E-state index is -0.152. The minimum Gasteiger partial charge on any atom is -0.376 e. The van der Waals surface area contributed by atoms with E-state index >= 15 is 0 Å². The number of hydrogen-bond donors (Lipinski definition) is 1. The van der Waals surface area contributed by atoms with Crippen molar-refractivity contribution in [3.63, 3.8) is 0 Å². The number of thiazole rings is 1. The first kappa shape index (κ1) is 24.4. The van der Waals surface area contributed by atoms with E-state index in [-0.39, 0.29) is 24.5 Å². The summed E-state index contributed by atoms with van der Waals surface area (Å²) in [5.41, 5.74) is 3.32. The monoisotopic (exact) mass is 484 g/mol. The summed E-state index contributed by atoms with van der Waals surface area (Å²) in [6.45, 7) is 9.88. The molecule has 4 heterocycles. The smallest absolute Gasteiger partial charge is 0.239 e. The second kappa shape index (κ2) is 10.7. The molecule has 2 fully saturated rings. The van der Waals surface area contributed by atoms with Crippen LogP contribution in [0.25, 0.3) is 0 Å². The van der Waals surface area contributed by atoms with E-state index in [0.717, 1.165) is 41.4 Å². The highest BCUT2D eigenvalue weighted by molar-refractivity contribution is 7.09. The van der Waals surface area contributed by atoms with Crippen molar-refractivity contribution in [2.24, 2.45) is 0 Å². The van der Waals surface area contributed by atoms with Gasteiger partial charge in [-0.25, -0.2) is 4.98 Å². The molecule has 2 amide bonds. The van der Waals surface area contributed by atoms with E-state index in [4.69, 9.17) is 4.74 Å². The van der Waals surface area contributed by atoms with Gasteiger partial charge in [0.1, 0.15) is 16.9 Å². The van der Waals surface area contributed by atoms with Crippen molar-refractivity contribution in [2.45, 2.75) is 52.7 Å². The second-order valence-corrected chi connectivity index (χ2v) is 10.00. The highest BCUT2D eigenvalue weighted by Gasteiger charge is 2.26. The van der Waals surface area contributed by atoms with Crippen molar-refractivity contribution in [1.82, 2.24) is 19.4 Å². The molecule has 182 valence electrons. The number of aryl methyl sites for hydroxylation is 1. The van der Waals surface area contributed by atoms with Crippen molar-refractivity contribution in [3.05, 3.63) is 32.9 Å². The molecule has 2 aromatic heterocycles. The molecule has 2 aromatic rings. The number of rotatable bonds is 7. The number of carbonyl (C=O) groups excluding carboxylic acids is 2. The molecule has 1 atom stereocenters. The molecule has 0 bridgehead atoms. The Kier molecular flexibility index (Phi) is 7.66. The van der Waals surface area contributed by atoms with Crippen LogP contribution in [0.3, 0.4) is 0 Å². The topological polar surface area (TPSA) is 103 Å². The molecule has 0 unspecified atom stereocenters. The summed E-state index contributed by atoms with van der Waals surface area (Å²) in [6, 6.07) is 2.26. The van der Waals surface area contributed by atoms with Crippen molar-refractivity contribution in [2.75, 3.05) is 44.6 Å². The van der Waals surface area contributed by atoms with E-state index in [1.807, 2.05) is 40.5 Å². The lowest BCUT2D eigenvalue weighted by Gasteiger charge is -2.34. The van der Waals surface area contributed by atoms with Crippen LogP contribution in [0.1, 0.15) is 40.4 Å². The molecule has 0 saturated carbocycles. The van der Waals surface area contributed by atoms with E-state index in [2.05, 4.69) is 16.4 Å². The lowest BCUT2D eigenvalue weighted by Crippen LogP contribution is -2.50. The van der Waals surface area contributed by atoms with Gasteiger partial charge in [-0.15, -0.1) is 11.3 Å². The van der Waals surface area contributed by atoms with Crippen LogP contribution < -0.4 is 5.32 Å². The van der Waals surface area contributed by atoms with Crippen LogP contribution in [0.4, 0.5) is 5.82 Å². The molecular weight excluding hydrogens is 452 g/mol. The second-order valence-electron chi connectivity index (χ2n) is 9.06. The molecule has 1 N–H and O–H groups in total. The minimum absolute atomic E-state index is 0.0787. The van der Waals surface area contributed by atoms with Gasteiger partial charge in [-0.3, -0.25) is 14.5 Å². The Balaban J connectivity index is 1.33. The zero-order valence-electron chi connectivity index (χ0n) is 20.1. The fraction of sp³-hybridized carbons (Fsp3) is 0.583. The fourth-order valence-corrected chi connectivity index (χ4v) is 5.37. The van der Waals surface area contributed by atoms with E-state index in [1.165, 1.54) is 11.3 Å². The largest absolute Gasteiger partial charge is 0.376 e. The molecule has 0 aromatic carbocycles. The Hall–Kier alpha value is -2.74. The number of nitriles is 1. The molecule has 0 spiro atoms. The standard InChI is InChI=1S/C24H32N6O3S/c1-16-15-34-22(26-16)11-23(32)29-8-6-28(7-9-29)14-21(31)27-24-20(12-25)17(2)18(3)30(24)13-19-5-4-10-33-19/h15,19H,4-11,13-14H2,1-3H3,(H,27,31)/t19-/m1/s1. The Morgan fingerprint density at radius 1 is 1.26 bits per heavy atom. The number of hydrogen-bond acceptors (Lipinski definition) is 7. The number of ether oxygens (including phenoxy) is 1. The molecule has 2 saturated heterocycles. The summed E-state index contributed by atoms with van der Waals surface area (Å²) in [4.78, 5) is 33.8. The highest BCUT2D eigenvalue weighted by atomic mass is 32.1. The first-order chi connectivity index (χ1) is 16.4. The zero-order valence-corrected chi connectivity index (χ0v) is 20.9. The highest BCUT2D eigenvalue weighted by Crippen LogP contribution is 2.28. The lowest BCUT2D eigenvalue weighted by atomic mass is 10.2. The first-order valence-corrected chi connectivity index (χ1v) is 12.7. The van der Waals surface area contributed by atoms with Gasteiger partial charge in [0.05, 0.1) is 31.2 Å². The molecule has 2 aliphatic rings. The van der Waals surface area contributed by atoms with E-state index in [0.29, 0.717) is 50.5 Å². The van der Waals surface area contributed by atoms with E-state index < -0.39 is 0 Å². The summed E-state index contributed by atoms with van der Waals surface area (Å²) in [5, 5.41) is 15.5. The van der Waals surface area contributed by atoms with Crippen molar-refractivity contribution in [3.8, 4) is 6.07 Å². The number of nitrogens with zero attached hydrogens (tertiary/aromatic N) is 5. The molecule has 34 heavy (non-hydrogen) atoms. The molecule has 0 aliphatic carbocycles. The maximum Gasteiger partial charge on any atom is 0.239 e. The zero-order chi connectivity index (χ0) is 24.2. The lowest BCUT2D eigenvalue weighted by molar-refractivity contribution is -0.132. The van der Waals surface area contributed by atoms with Gasteiger partial charge in [-0.1, -0.05) is 0 Å². The van der Waals surface area contributed by atoms with Gasteiger partial charge >= 0.3 is 0 Å². The molecule has 4 rings (SSSR count). The Morgan fingerprint density at radius 3 is 2.65 bits per heavy atom. The third-order valence-corrected chi connectivity index (χ3v) is 7.64. The van der Waals surface area contributed by atoms with E-state index in [9.17, 15) is 14.9 Å². The Labute approximate surface area is 204 Å². The van der Waals surface area contributed by atoms with Crippen LogP contribution >= 0.6 is 11.3 Å². The van der Waals surface area contributed by atoms with Crippen molar-refractivity contribution in [1.29, 1.82) is 5.26 Å². The number of anilines is 1. The molecule has 2 aliphatic heterocycles. The summed E-state index contributed by atoms with van der Waals surface area (Å²) in [5.74, 6) is 0.487. The molecule has 9 nitrogen and oxygen atoms in total. The van der Waals surface area contributed by atoms with Gasteiger partial charge in [0.15, 0.2) is 0 Å². The summed E-state index contributed by atoms with van der Waals surface area (Å²) in [6.07, 6.45) is 2.45. The maximum absolute atomic E-state index is 12.9. The number of aromatic nitrogens is 2. The molecule has 0 radical (unpaired) electrons. The third-order valence-electron chi connectivity index (χ3n) is 6.67. The van der Waals surface area contributed by atoms with Gasteiger partial charge in [-0.2, -0.15) is 5.26 Å². The first-order valence-electron chi connectivity index (χ1n) is 11.8. The number of carbonyl (C=O) groups is 2. The van der Waals surface area contributed by atoms with E-state index in [1.54, 1.807) is 0 Å². The number of amides is 2. The average Bonchev–Trinajstić information content (AvgIpc) is 3.52. The van der Waals surface area contributed by atoms with Crippen LogP contribution in [0.15, 0.2) is 5.38 Å². The maximum atomic E-state index is 12.9. The van der Waals surface area contributed by atoms with Crippen LogP contribution in [-0.4, -0.2) is 76.6 Å². The van der Waals surface area contributed by atoms with Crippen LogP contribution in [0.2, 0.25) is 0 Å². The van der Waals surface area contributed by atoms with Crippen LogP contribution in [0.5, 0.6) is 0 Å².